The molecule has 53 valence electrons. The fourth-order valence-electron chi connectivity index (χ4n) is 0.627. The molecule has 9 heavy (non-hydrogen) atoms. The van der Waals surface area contributed by atoms with Crippen molar-refractivity contribution in [2.75, 3.05) is 0 Å². The summed E-state index contributed by atoms with van der Waals surface area (Å²) in [6, 6.07) is 0. The number of hydrogen-bond acceptors (Lipinski definition) is 0. The molecule has 0 amide bonds. The fourth-order valence-corrected chi connectivity index (χ4v) is 1.14. The summed E-state index contributed by atoms with van der Waals surface area (Å²) in [5.74, 6) is 0. The lowest BCUT2D eigenvalue weighted by Crippen LogP contribution is -1.83. The monoisotopic (exact) mass is 189 g/mol. The molecule has 0 rings (SSSR count). The van der Waals surface area contributed by atoms with Crippen LogP contribution in [0.5, 0.6) is 0 Å². The van der Waals surface area contributed by atoms with Gasteiger partial charge in [0, 0.05) is 4.83 Å². The van der Waals surface area contributed by atoms with Gasteiger partial charge in [0.1, 0.15) is 0 Å². The summed E-state index contributed by atoms with van der Waals surface area (Å²) in [5.41, 5.74) is 0. The van der Waals surface area contributed by atoms with E-state index in [1.54, 1.807) is 0 Å². The molecular formula is C8H14Br. The Morgan fingerprint density at radius 1 is 1.67 bits per heavy atom. The standard InChI is InChI=1S/C8H14Br/c1-3-5-7-8(9)6-4-2/h4H,2-3,5-7H2,1H3. The van der Waals surface area contributed by atoms with Crippen LogP contribution in [-0.4, -0.2) is 0 Å². The minimum atomic E-state index is 1.01. The van der Waals surface area contributed by atoms with Gasteiger partial charge in [-0.05, 0) is 12.8 Å². The SMILES string of the molecule is C=CC[C](Br)CCCC. The van der Waals surface area contributed by atoms with Crippen LogP contribution in [0.1, 0.15) is 32.6 Å². The molecule has 0 aromatic rings. The van der Waals surface area contributed by atoms with E-state index in [0.29, 0.717) is 0 Å². The highest BCUT2D eigenvalue weighted by Gasteiger charge is 1.99. The van der Waals surface area contributed by atoms with E-state index in [-0.39, 0.29) is 0 Å². The molecule has 0 fully saturated rings. The Labute approximate surface area is 66.5 Å². The van der Waals surface area contributed by atoms with Gasteiger partial charge in [0.2, 0.25) is 0 Å². The highest BCUT2D eigenvalue weighted by Crippen LogP contribution is 2.21. The van der Waals surface area contributed by atoms with Crippen LogP contribution in [0.2, 0.25) is 0 Å². The molecule has 0 aliphatic carbocycles. The second-order valence-electron chi connectivity index (χ2n) is 2.11. The largest absolute Gasteiger partial charge is 0.103 e. The number of allylic oxidation sites excluding steroid dienone is 1. The molecular weight excluding hydrogens is 176 g/mol. The maximum absolute atomic E-state index is 3.66. The lowest BCUT2D eigenvalue weighted by Gasteiger charge is -2.02. The molecule has 0 N–H and O–H groups in total. The second kappa shape index (κ2) is 6.34. The van der Waals surface area contributed by atoms with Crippen molar-refractivity contribution in [3.05, 3.63) is 17.5 Å². The third-order valence-electron chi connectivity index (χ3n) is 1.17. The number of halogens is 1. The predicted octanol–water partition coefficient (Wildman–Crippen LogP) is 3.68. The van der Waals surface area contributed by atoms with Crippen molar-refractivity contribution < 1.29 is 0 Å². The molecule has 0 bridgehead atoms. The highest BCUT2D eigenvalue weighted by molar-refractivity contribution is 9.11. The van der Waals surface area contributed by atoms with Crippen molar-refractivity contribution in [3.63, 3.8) is 0 Å². The first-order chi connectivity index (χ1) is 4.31. The maximum atomic E-state index is 3.66. The van der Waals surface area contributed by atoms with E-state index < -0.39 is 0 Å². The van der Waals surface area contributed by atoms with Gasteiger partial charge in [0.05, 0.1) is 0 Å². The minimum Gasteiger partial charge on any atom is -0.103 e. The van der Waals surface area contributed by atoms with Crippen LogP contribution >= 0.6 is 15.9 Å². The first-order valence-corrected chi connectivity index (χ1v) is 4.21. The summed E-state index contributed by atoms with van der Waals surface area (Å²) >= 11 is 3.48. The maximum Gasteiger partial charge on any atom is 0.0448 e. The first kappa shape index (κ1) is 9.22. The van der Waals surface area contributed by atoms with Crippen LogP contribution in [0.3, 0.4) is 0 Å². The van der Waals surface area contributed by atoms with Gasteiger partial charge in [-0.1, -0.05) is 41.8 Å². The Bertz CT molecular complexity index is 69.0. The number of hydrogen-bond donors (Lipinski definition) is 0. The van der Waals surface area contributed by atoms with E-state index in [4.69, 9.17) is 0 Å². The van der Waals surface area contributed by atoms with Gasteiger partial charge in [0.15, 0.2) is 0 Å². The molecule has 0 unspecified atom stereocenters. The van der Waals surface area contributed by atoms with Crippen LogP contribution in [0.15, 0.2) is 12.7 Å². The molecule has 0 nitrogen and oxygen atoms in total. The molecule has 0 saturated heterocycles. The number of unbranched alkanes of at least 4 members (excludes halogenated alkanes) is 1. The second-order valence-corrected chi connectivity index (χ2v) is 3.24. The van der Waals surface area contributed by atoms with Crippen molar-refractivity contribution >= 4 is 15.9 Å². The third-order valence-corrected chi connectivity index (χ3v) is 1.89. The van der Waals surface area contributed by atoms with Gasteiger partial charge in [-0.3, -0.25) is 0 Å². The van der Waals surface area contributed by atoms with Crippen molar-refractivity contribution in [3.8, 4) is 0 Å². The molecule has 0 aliphatic heterocycles. The molecule has 0 aliphatic rings. The van der Waals surface area contributed by atoms with E-state index in [1.165, 1.54) is 24.1 Å². The Balaban J connectivity index is 3.04. The van der Waals surface area contributed by atoms with Gasteiger partial charge < -0.3 is 0 Å². The number of rotatable bonds is 5. The Kier molecular flexibility index (Phi) is 6.50. The van der Waals surface area contributed by atoms with Crippen LogP contribution in [0.25, 0.3) is 0 Å². The van der Waals surface area contributed by atoms with E-state index >= 15 is 0 Å². The summed E-state index contributed by atoms with van der Waals surface area (Å²) in [6.45, 7) is 5.86. The van der Waals surface area contributed by atoms with Gasteiger partial charge in [0.25, 0.3) is 0 Å². The van der Waals surface area contributed by atoms with Crippen molar-refractivity contribution in [2.45, 2.75) is 32.6 Å². The summed E-state index contributed by atoms with van der Waals surface area (Å²) in [6.07, 6.45) is 6.70. The summed E-state index contributed by atoms with van der Waals surface area (Å²) in [4.78, 5) is 1.37. The predicted molar refractivity (Wildman–Crippen MR) is 46.5 cm³/mol. The average molecular weight is 190 g/mol. The van der Waals surface area contributed by atoms with Crippen LogP contribution in [-0.2, 0) is 0 Å². The lowest BCUT2D eigenvalue weighted by atomic mass is 10.1. The first-order valence-electron chi connectivity index (χ1n) is 3.42. The van der Waals surface area contributed by atoms with Crippen LogP contribution in [0.4, 0.5) is 0 Å². The van der Waals surface area contributed by atoms with Gasteiger partial charge >= 0.3 is 0 Å². The average Bonchev–Trinajstić information content (AvgIpc) is 1.85. The topological polar surface area (TPSA) is 0 Å². The van der Waals surface area contributed by atoms with E-state index in [0.717, 1.165) is 6.42 Å². The summed E-state index contributed by atoms with van der Waals surface area (Å²) in [5, 5.41) is 0. The Morgan fingerprint density at radius 2 is 2.33 bits per heavy atom. The fraction of sp³-hybridized carbons (Fsp3) is 0.625. The lowest BCUT2D eigenvalue weighted by molar-refractivity contribution is 0.761. The molecule has 1 radical (unpaired) electrons. The van der Waals surface area contributed by atoms with Gasteiger partial charge in [-0.2, -0.15) is 0 Å². The Hall–Kier alpha value is 0.220. The molecule has 0 saturated carbocycles. The summed E-state index contributed by atoms with van der Waals surface area (Å²) in [7, 11) is 0. The zero-order valence-electron chi connectivity index (χ0n) is 5.99. The molecule has 0 spiro atoms. The van der Waals surface area contributed by atoms with Gasteiger partial charge in [-0.15, -0.1) is 6.58 Å². The van der Waals surface area contributed by atoms with Crippen molar-refractivity contribution in [1.82, 2.24) is 0 Å². The van der Waals surface area contributed by atoms with E-state index in [9.17, 15) is 0 Å². The van der Waals surface area contributed by atoms with E-state index in [1.807, 2.05) is 6.08 Å². The van der Waals surface area contributed by atoms with Crippen molar-refractivity contribution in [2.24, 2.45) is 0 Å². The van der Waals surface area contributed by atoms with E-state index in [2.05, 4.69) is 29.4 Å². The third kappa shape index (κ3) is 6.10. The molecule has 0 heterocycles. The molecule has 0 aromatic heterocycles. The zero-order valence-corrected chi connectivity index (χ0v) is 7.58. The Morgan fingerprint density at radius 3 is 2.78 bits per heavy atom. The smallest absolute Gasteiger partial charge is 0.0448 e. The highest BCUT2D eigenvalue weighted by atomic mass is 79.9. The quantitative estimate of drug-likeness (QED) is 0.580. The van der Waals surface area contributed by atoms with Crippen LogP contribution in [0, 0.1) is 4.83 Å². The van der Waals surface area contributed by atoms with Crippen molar-refractivity contribution in [1.29, 1.82) is 0 Å². The molecule has 1 heteroatoms. The minimum absolute atomic E-state index is 1.01. The normalized spacial score (nSPS) is 10.1. The summed E-state index contributed by atoms with van der Waals surface area (Å²) < 4.78 is 0. The molecule has 0 atom stereocenters. The zero-order chi connectivity index (χ0) is 7.11. The van der Waals surface area contributed by atoms with Gasteiger partial charge in [-0.25, -0.2) is 0 Å². The van der Waals surface area contributed by atoms with Crippen LogP contribution < -0.4 is 0 Å². The molecule has 0 aromatic carbocycles.